The van der Waals surface area contributed by atoms with E-state index in [4.69, 9.17) is 8.92 Å². The van der Waals surface area contributed by atoms with Gasteiger partial charge >= 0.3 is 10.1 Å². The Hall–Kier alpha value is -2.01. The molecule has 0 aliphatic carbocycles. The lowest BCUT2D eigenvalue weighted by molar-refractivity contribution is 0.413. The molecule has 0 saturated heterocycles. The molecular formula is C16H18O4S. The Morgan fingerprint density at radius 3 is 1.81 bits per heavy atom. The molecule has 0 amide bonds. The monoisotopic (exact) mass is 306 g/mol. The normalized spacial score (nSPS) is 11.2. The van der Waals surface area contributed by atoms with Crippen molar-refractivity contribution in [2.75, 3.05) is 7.11 Å². The molecule has 0 saturated carbocycles. The fourth-order valence-electron chi connectivity index (χ4n) is 2.36. The lowest BCUT2D eigenvalue weighted by Crippen LogP contribution is -2.13. The van der Waals surface area contributed by atoms with Gasteiger partial charge in [-0.3, -0.25) is 0 Å². The van der Waals surface area contributed by atoms with Crippen molar-refractivity contribution in [2.45, 2.75) is 25.7 Å². The number of ether oxygens (including phenoxy) is 1. The van der Waals surface area contributed by atoms with Gasteiger partial charge in [0.05, 0.1) is 7.11 Å². The topological polar surface area (TPSA) is 52.6 Å². The number of aryl methyl sites for hydroxylation is 3. The van der Waals surface area contributed by atoms with Crippen LogP contribution in [0.3, 0.4) is 0 Å². The molecule has 0 aliphatic heterocycles. The summed E-state index contributed by atoms with van der Waals surface area (Å²) in [6.07, 6.45) is 0. The third-order valence-corrected chi connectivity index (χ3v) is 4.68. The van der Waals surface area contributed by atoms with Crippen molar-refractivity contribution >= 4 is 10.1 Å². The van der Waals surface area contributed by atoms with E-state index >= 15 is 0 Å². The summed E-state index contributed by atoms with van der Waals surface area (Å²) in [5.41, 5.74) is 2.38. The molecule has 0 fully saturated rings. The summed E-state index contributed by atoms with van der Waals surface area (Å²) in [6, 6.07) is 10.1. The Bertz CT molecular complexity index is 723. The molecule has 0 N–H and O–H groups in total. The van der Waals surface area contributed by atoms with E-state index in [2.05, 4.69) is 0 Å². The zero-order valence-corrected chi connectivity index (χ0v) is 13.3. The molecule has 2 aromatic carbocycles. The molecule has 0 unspecified atom stereocenters. The van der Waals surface area contributed by atoms with Gasteiger partial charge in [-0.2, -0.15) is 8.42 Å². The zero-order chi connectivity index (χ0) is 15.6. The molecule has 5 heteroatoms. The van der Waals surface area contributed by atoms with Gasteiger partial charge in [0.25, 0.3) is 0 Å². The Balaban J connectivity index is 2.38. The van der Waals surface area contributed by atoms with Crippen molar-refractivity contribution in [3.8, 4) is 11.5 Å². The first-order chi connectivity index (χ1) is 9.83. The van der Waals surface area contributed by atoms with Crippen LogP contribution in [0.2, 0.25) is 0 Å². The maximum absolute atomic E-state index is 12.5. The minimum Gasteiger partial charge on any atom is -0.497 e. The minimum atomic E-state index is -3.85. The van der Waals surface area contributed by atoms with Gasteiger partial charge in [0.15, 0.2) is 0 Å². The number of hydrogen-bond donors (Lipinski definition) is 0. The van der Waals surface area contributed by atoms with Gasteiger partial charge in [0.2, 0.25) is 0 Å². The van der Waals surface area contributed by atoms with E-state index in [1.54, 1.807) is 45.2 Å². The summed E-state index contributed by atoms with van der Waals surface area (Å²) in [5.74, 6) is 0.901. The van der Waals surface area contributed by atoms with Crippen molar-refractivity contribution in [3.05, 3.63) is 53.1 Å². The first-order valence-corrected chi connectivity index (χ1v) is 7.90. The Kier molecular flexibility index (Phi) is 4.23. The highest BCUT2D eigenvalue weighted by Gasteiger charge is 2.22. The second kappa shape index (κ2) is 5.77. The van der Waals surface area contributed by atoms with Gasteiger partial charge in [0.1, 0.15) is 16.4 Å². The molecule has 0 heterocycles. The number of rotatable bonds is 4. The van der Waals surface area contributed by atoms with Crippen molar-refractivity contribution in [1.82, 2.24) is 0 Å². The van der Waals surface area contributed by atoms with Crippen molar-refractivity contribution in [2.24, 2.45) is 0 Å². The van der Waals surface area contributed by atoms with Crippen LogP contribution in [-0.4, -0.2) is 15.5 Å². The van der Waals surface area contributed by atoms with E-state index in [-0.39, 0.29) is 10.6 Å². The summed E-state index contributed by atoms with van der Waals surface area (Å²) in [7, 11) is -2.30. The van der Waals surface area contributed by atoms with Crippen LogP contribution >= 0.6 is 0 Å². The third kappa shape index (κ3) is 3.36. The van der Waals surface area contributed by atoms with E-state index in [9.17, 15) is 8.42 Å². The van der Waals surface area contributed by atoms with Crippen LogP contribution in [0.4, 0.5) is 0 Å². The highest BCUT2D eigenvalue weighted by Crippen LogP contribution is 2.26. The summed E-state index contributed by atoms with van der Waals surface area (Å²) in [6.45, 7) is 5.47. The summed E-state index contributed by atoms with van der Waals surface area (Å²) in [4.78, 5) is 0.226. The first kappa shape index (κ1) is 15.4. The van der Waals surface area contributed by atoms with Crippen LogP contribution in [-0.2, 0) is 10.1 Å². The molecule has 2 aromatic rings. The molecule has 21 heavy (non-hydrogen) atoms. The van der Waals surface area contributed by atoms with E-state index in [1.807, 2.05) is 19.1 Å². The van der Waals surface area contributed by atoms with Gasteiger partial charge in [-0.15, -0.1) is 0 Å². The molecule has 4 nitrogen and oxygen atoms in total. The molecule has 2 rings (SSSR count). The van der Waals surface area contributed by atoms with E-state index in [0.29, 0.717) is 16.9 Å². The van der Waals surface area contributed by atoms with Crippen LogP contribution in [0.15, 0.2) is 41.3 Å². The zero-order valence-electron chi connectivity index (χ0n) is 12.5. The van der Waals surface area contributed by atoms with Crippen LogP contribution in [0.5, 0.6) is 11.5 Å². The number of benzene rings is 2. The number of hydrogen-bond acceptors (Lipinski definition) is 4. The summed E-state index contributed by atoms with van der Waals surface area (Å²) in [5, 5.41) is 0. The Labute approximate surface area is 125 Å². The Morgan fingerprint density at radius 1 is 0.857 bits per heavy atom. The minimum absolute atomic E-state index is 0.226. The SMILES string of the molecule is COc1ccc(OS(=O)(=O)c2c(C)cc(C)cc2C)cc1. The van der Waals surface area contributed by atoms with Gasteiger partial charge < -0.3 is 8.92 Å². The van der Waals surface area contributed by atoms with Gasteiger partial charge in [-0.25, -0.2) is 0 Å². The average Bonchev–Trinajstić information content (AvgIpc) is 2.37. The van der Waals surface area contributed by atoms with E-state index in [1.165, 1.54) is 0 Å². The second-order valence-corrected chi connectivity index (χ2v) is 6.42. The highest BCUT2D eigenvalue weighted by atomic mass is 32.2. The molecule has 0 spiro atoms. The molecule has 0 bridgehead atoms. The molecule has 0 aliphatic rings. The fourth-order valence-corrected chi connectivity index (χ4v) is 3.72. The molecule has 0 atom stereocenters. The standard InChI is InChI=1S/C16H18O4S/c1-11-9-12(2)16(13(3)10-11)21(17,18)20-15-7-5-14(19-4)6-8-15/h5-10H,1-4H3. The lowest BCUT2D eigenvalue weighted by atomic mass is 10.1. The first-order valence-electron chi connectivity index (χ1n) is 6.50. The highest BCUT2D eigenvalue weighted by molar-refractivity contribution is 7.87. The lowest BCUT2D eigenvalue weighted by Gasteiger charge is -2.13. The van der Waals surface area contributed by atoms with E-state index < -0.39 is 10.1 Å². The number of methoxy groups -OCH3 is 1. The smallest absolute Gasteiger partial charge is 0.339 e. The van der Waals surface area contributed by atoms with E-state index in [0.717, 1.165) is 5.56 Å². The van der Waals surface area contributed by atoms with Gasteiger partial charge in [-0.1, -0.05) is 17.7 Å². The Morgan fingerprint density at radius 2 is 1.33 bits per heavy atom. The molecule has 0 radical (unpaired) electrons. The fraction of sp³-hybridized carbons (Fsp3) is 0.250. The molecule has 112 valence electrons. The average molecular weight is 306 g/mol. The van der Waals surface area contributed by atoms with Gasteiger partial charge in [-0.05, 0) is 56.2 Å². The quantitative estimate of drug-likeness (QED) is 0.813. The predicted molar refractivity (Wildman–Crippen MR) is 81.5 cm³/mol. The van der Waals surface area contributed by atoms with Crippen LogP contribution in [0.1, 0.15) is 16.7 Å². The van der Waals surface area contributed by atoms with Crippen LogP contribution < -0.4 is 8.92 Å². The van der Waals surface area contributed by atoms with Crippen LogP contribution in [0.25, 0.3) is 0 Å². The maximum Gasteiger partial charge on any atom is 0.339 e. The van der Waals surface area contributed by atoms with Crippen molar-refractivity contribution < 1.29 is 17.3 Å². The van der Waals surface area contributed by atoms with Crippen molar-refractivity contribution in [3.63, 3.8) is 0 Å². The summed E-state index contributed by atoms with van der Waals surface area (Å²) < 4.78 is 35.1. The summed E-state index contributed by atoms with van der Waals surface area (Å²) >= 11 is 0. The predicted octanol–water partition coefficient (Wildman–Crippen LogP) is 3.39. The maximum atomic E-state index is 12.5. The molecular weight excluding hydrogens is 288 g/mol. The van der Waals surface area contributed by atoms with Gasteiger partial charge in [0, 0.05) is 0 Å². The third-order valence-electron chi connectivity index (χ3n) is 3.12. The second-order valence-electron chi connectivity index (χ2n) is 4.94. The molecule has 0 aromatic heterocycles. The largest absolute Gasteiger partial charge is 0.497 e. The van der Waals surface area contributed by atoms with Crippen LogP contribution in [0, 0.1) is 20.8 Å². The van der Waals surface area contributed by atoms with Crippen molar-refractivity contribution in [1.29, 1.82) is 0 Å².